The Morgan fingerprint density at radius 3 is 2.52 bits per heavy atom. The fraction of sp³-hybridized carbons (Fsp3) is 0.789. The van der Waals surface area contributed by atoms with E-state index in [1.165, 1.54) is 4.90 Å². The van der Waals surface area contributed by atoms with Crippen molar-refractivity contribution in [1.82, 2.24) is 15.5 Å². The molecule has 1 rings (SSSR count). The smallest absolute Gasteiger partial charge is 0.326 e. The number of nitrogens with two attached hydrogens (primary N) is 2. The van der Waals surface area contributed by atoms with Gasteiger partial charge >= 0.3 is 5.97 Å². The molecule has 1 aliphatic heterocycles. The number of carboxylic acid groups (broad SMARTS) is 1. The zero-order valence-electron chi connectivity index (χ0n) is 17.4. The molecule has 0 spiro atoms. The van der Waals surface area contributed by atoms with Gasteiger partial charge in [0.15, 0.2) is 0 Å². The molecule has 29 heavy (non-hydrogen) atoms. The third-order valence-corrected chi connectivity index (χ3v) is 5.35. The second-order valence-electron chi connectivity index (χ2n) is 7.57. The van der Waals surface area contributed by atoms with Crippen LogP contribution in [0.15, 0.2) is 0 Å². The number of nitrogens with one attached hydrogen (secondary N) is 2. The summed E-state index contributed by atoms with van der Waals surface area (Å²) in [6, 6.07) is -2.43. The summed E-state index contributed by atoms with van der Waals surface area (Å²) in [7, 11) is 0. The summed E-state index contributed by atoms with van der Waals surface area (Å²) >= 11 is 0. The Balaban J connectivity index is 2.64. The average Bonchev–Trinajstić information content (AvgIpc) is 3.19. The number of hydrogen-bond donors (Lipinski definition) is 5. The maximum atomic E-state index is 12.9. The molecule has 4 atom stereocenters. The fourth-order valence-electron chi connectivity index (χ4n) is 3.31. The zero-order chi connectivity index (χ0) is 22.0. The molecule has 4 unspecified atom stereocenters. The van der Waals surface area contributed by atoms with Gasteiger partial charge in [0.1, 0.15) is 12.1 Å². The van der Waals surface area contributed by atoms with Crippen molar-refractivity contribution < 1.29 is 24.3 Å². The van der Waals surface area contributed by atoms with Gasteiger partial charge in [0.25, 0.3) is 0 Å². The first-order valence-corrected chi connectivity index (χ1v) is 10.3. The summed E-state index contributed by atoms with van der Waals surface area (Å²) in [5, 5.41) is 14.5. The molecular formula is C19H35N5O5. The van der Waals surface area contributed by atoms with Gasteiger partial charge in [-0.25, -0.2) is 4.79 Å². The Bertz CT molecular complexity index is 585. The van der Waals surface area contributed by atoms with Crippen LogP contribution in [-0.2, 0) is 19.2 Å². The number of amides is 3. The maximum Gasteiger partial charge on any atom is 0.326 e. The minimum Gasteiger partial charge on any atom is -0.480 e. The van der Waals surface area contributed by atoms with Crippen molar-refractivity contribution in [2.24, 2.45) is 17.4 Å². The summed E-state index contributed by atoms with van der Waals surface area (Å²) in [6.45, 7) is 4.29. The van der Waals surface area contributed by atoms with E-state index in [0.29, 0.717) is 38.8 Å². The normalized spacial score (nSPS) is 19.3. The lowest BCUT2D eigenvalue weighted by Crippen LogP contribution is -2.55. The molecule has 10 nitrogen and oxygen atoms in total. The Hall–Kier alpha value is -2.20. The molecule has 1 aliphatic rings. The number of carbonyl (C=O) groups excluding carboxylic acids is 3. The Labute approximate surface area is 171 Å². The number of carboxylic acids is 1. The van der Waals surface area contributed by atoms with Crippen LogP contribution in [0.1, 0.15) is 52.4 Å². The van der Waals surface area contributed by atoms with E-state index in [4.69, 9.17) is 11.5 Å². The van der Waals surface area contributed by atoms with Gasteiger partial charge in [-0.2, -0.15) is 0 Å². The Morgan fingerprint density at radius 2 is 1.93 bits per heavy atom. The van der Waals surface area contributed by atoms with E-state index in [2.05, 4.69) is 10.6 Å². The molecule has 1 fully saturated rings. The number of hydrogen-bond acceptors (Lipinski definition) is 6. The Kier molecular flexibility index (Phi) is 10.6. The van der Waals surface area contributed by atoms with E-state index in [-0.39, 0.29) is 12.5 Å². The van der Waals surface area contributed by atoms with Crippen LogP contribution in [0.25, 0.3) is 0 Å². The zero-order valence-corrected chi connectivity index (χ0v) is 17.4. The summed E-state index contributed by atoms with van der Waals surface area (Å²) < 4.78 is 0. The van der Waals surface area contributed by atoms with Gasteiger partial charge in [-0.15, -0.1) is 0 Å². The first kappa shape index (κ1) is 24.8. The fourth-order valence-corrected chi connectivity index (χ4v) is 3.31. The maximum absolute atomic E-state index is 12.9. The number of likely N-dealkylation sites (tertiary alicyclic amines) is 1. The molecule has 10 heteroatoms. The second-order valence-corrected chi connectivity index (χ2v) is 7.57. The largest absolute Gasteiger partial charge is 0.480 e. The molecule has 0 saturated carbocycles. The highest BCUT2D eigenvalue weighted by Crippen LogP contribution is 2.21. The molecule has 0 bridgehead atoms. The van der Waals surface area contributed by atoms with Crippen LogP contribution in [-0.4, -0.2) is 71.5 Å². The van der Waals surface area contributed by atoms with Gasteiger partial charge in [0.2, 0.25) is 17.7 Å². The molecule has 1 saturated heterocycles. The third kappa shape index (κ3) is 7.62. The predicted molar refractivity (Wildman–Crippen MR) is 108 cm³/mol. The molecule has 1 heterocycles. The van der Waals surface area contributed by atoms with Gasteiger partial charge in [-0.3, -0.25) is 14.4 Å². The number of rotatable bonds is 12. The first-order chi connectivity index (χ1) is 13.7. The second kappa shape index (κ2) is 12.4. The van der Waals surface area contributed by atoms with Crippen LogP contribution in [0.3, 0.4) is 0 Å². The van der Waals surface area contributed by atoms with Crippen LogP contribution < -0.4 is 22.1 Å². The lowest BCUT2D eigenvalue weighted by Gasteiger charge is -2.30. The molecule has 3 amide bonds. The van der Waals surface area contributed by atoms with Crippen molar-refractivity contribution in [1.29, 1.82) is 0 Å². The quantitative estimate of drug-likeness (QED) is 0.260. The number of unbranched alkanes of at least 4 members (excludes halogenated alkanes) is 1. The molecule has 0 aliphatic carbocycles. The van der Waals surface area contributed by atoms with Crippen molar-refractivity contribution in [3.05, 3.63) is 0 Å². The summed E-state index contributed by atoms with van der Waals surface area (Å²) in [4.78, 5) is 49.9. The van der Waals surface area contributed by atoms with E-state index in [9.17, 15) is 24.3 Å². The molecule has 0 aromatic heterocycles. The highest BCUT2D eigenvalue weighted by Gasteiger charge is 2.39. The van der Waals surface area contributed by atoms with E-state index in [0.717, 1.165) is 12.8 Å². The van der Waals surface area contributed by atoms with Crippen molar-refractivity contribution in [3.8, 4) is 0 Å². The lowest BCUT2D eigenvalue weighted by molar-refractivity contribution is -0.150. The average molecular weight is 414 g/mol. The molecule has 166 valence electrons. The highest BCUT2D eigenvalue weighted by molar-refractivity contribution is 5.93. The third-order valence-electron chi connectivity index (χ3n) is 5.35. The van der Waals surface area contributed by atoms with Crippen LogP contribution in [0, 0.1) is 5.92 Å². The molecule has 7 N–H and O–H groups in total. The van der Waals surface area contributed by atoms with E-state index in [1.807, 2.05) is 13.8 Å². The van der Waals surface area contributed by atoms with Crippen molar-refractivity contribution >= 4 is 23.7 Å². The highest BCUT2D eigenvalue weighted by atomic mass is 16.4. The van der Waals surface area contributed by atoms with E-state index in [1.54, 1.807) is 0 Å². The molecular weight excluding hydrogens is 378 g/mol. The van der Waals surface area contributed by atoms with Gasteiger partial charge < -0.3 is 32.1 Å². The number of aliphatic carboxylic acids is 1. The molecule has 0 aromatic rings. The summed E-state index contributed by atoms with van der Waals surface area (Å²) in [5.41, 5.74) is 11.2. The number of nitrogens with zero attached hydrogens (tertiary/aromatic N) is 1. The van der Waals surface area contributed by atoms with Crippen LogP contribution >= 0.6 is 0 Å². The lowest BCUT2D eigenvalue weighted by atomic mass is 9.97. The SMILES string of the molecule is CCC(C)C(NC(=O)CNC(=O)C(N)CCCCN)C(=O)N1CCCC1C(=O)O. The Morgan fingerprint density at radius 1 is 1.24 bits per heavy atom. The van der Waals surface area contributed by atoms with Crippen molar-refractivity contribution in [3.63, 3.8) is 0 Å². The molecule has 0 aromatic carbocycles. The summed E-state index contributed by atoms with van der Waals surface area (Å²) in [6.07, 6.45) is 3.61. The van der Waals surface area contributed by atoms with Crippen molar-refractivity contribution in [2.75, 3.05) is 19.6 Å². The standard InChI is InChI=1S/C19H35N5O5/c1-3-12(2)16(18(27)24-10-6-8-14(24)19(28)29)23-15(25)11-22-17(26)13(21)7-4-5-9-20/h12-14,16H,3-11,20-21H2,1-2H3,(H,22,26)(H,23,25)(H,28,29). The van der Waals surface area contributed by atoms with E-state index < -0.39 is 41.8 Å². The topological polar surface area (TPSA) is 168 Å². The van der Waals surface area contributed by atoms with Crippen LogP contribution in [0.2, 0.25) is 0 Å². The van der Waals surface area contributed by atoms with Crippen LogP contribution in [0.5, 0.6) is 0 Å². The van der Waals surface area contributed by atoms with Gasteiger partial charge in [-0.1, -0.05) is 26.7 Å². The summed E-state index contributed by atoms with van der Waals surface area (Å²) in [5.74, 6) is -2.58. The van der Waals surface area contributed by atoms with Gasteiger partial charge in [0, 0.05) is 6.54 Å². The van der Waals surface area contributed by atoms with Gasteiger partial charge in [0.05, 0.1) is 12.6 Å². The van der Waals surface area contributed by atoms with Crippen LogP contribution in [0.4, 0.5) is 0 Å². The van der Waals surface area contributed by atoms with Gasteiger partial charge in [-0.05, 0) is 38.1 Å². The molecule has 0 radical (unpaired) electrons. The van der Waals surface area contributed by atoms with E-state index >= 15 is 0 Å². The predicted octanol–water partition coefficient (Wildman–Crippen LogP) is -0.835. The monoisotopic (exact) mass is 413 g/mol. The van der Waals surface area contributed by atoms with Crippen molar-refractivity contribution in [2.45, 2.75) is 70.5 Å². The first-order valence-electron chi connectivity index (χ1n) is 10.3. The minimum absolute atomic E-state index is 0.185. The minimum atomic E-state index is -1.04. The number of carbonyl (C=O) groups is 4.